The van der Waals surface area contributed by atoms with Crippen molar-refractivity contribution in [2.45, 2.75) is 79.4 Å². The monoisotopic (exact) mass is 802 g/mol. The van der Waals surface area contributed by atoms with Gasteiger partial charge in [-0.2, -0.15) is 0 Å². The molecule has 6 rings (SSSR count). The van der Waals surface area contributed by atoms with Gasteiger partial charge in [-0.3, -0.25) is 4.79 Å². The average Bonchev–Trinajstić information content (AvgIpc) is 3.46. The molecular formula is C34H42O22. The molecule has 0 saturated carbocycles. The number of aromatic hydroxyl groups is 3. The lowest BCUT2D eigenvalue weighted by molar-refractivity contribution is -0.337. The molecule has 3 aromatic rings. The second kappa shape index (κ2) is 16.4. The Bertz CT molecular complexity index is 1920. The number of methoxy groups -OCH3 is 2. The minimum atomic E-state index is -2.21. The third kappa shape index (κ3) is 7.41. The highest BCUT2D eigenvalue weighted by atomic mass is 16.8. The number of aliphatic hydroxyl groups excluding tert-OH is 8. The number of hydrogen-bond acceptors (Lipinski definition) is 22. The summed E-state index contributed by atoms with van der Waals surface area (Å²) in [7, 11) is 2.34. The molecule has 22 nitrogen and oxygen atoms in total. The summed E-state index contributed by atoms with van der Waals surface area (Å²) >= 11 is 0. The van der Waals surface area contributed by atoms with E-state index in [1.165, 1.54) is 25.3 Å². The van der Waals surface area contributed by atoms with Crippen molar-refractivity contribution < 1.29 is 104 Å². The Hall–Kier alpha value is -4.11. The first-order valence-electron chi connectivity index (χ1n) is 16.9. The predicted molar refractivity (Wildman–Crippen MR) is 180 cm³/mol. The van der Waals surface area contributed by atoms with Crippen molar-refractivity contribution >= 4 is 11.0 Å². The van der Waals surface area contributed by atoms with Crippen LogP contribution in [0.3, 0.4) is 0 Å². The van der Waals surface area contributed by atoms with Crippen LogP contribution < -0.4 is 19.6 Å². The molecule has 3 fully saturated rings. The summed E-state index contributed by atoms with van der Waals surface area (Å²) in [6.07, 6.45) is -22.0. The van der Waals surface area contributed by atoms with Gasteiger partial charge in [0.05, 0.1) is 40.6 Å². The quantitative estimate of drug-likeness (QED) is 0.0831. The number of ether oxygens (including phenoxy) is 8. The molecule has 0 aliphatic carbocycles. The third-order valence-corrected chi connectivity index (χ3v) is 9.72. The number of fused-ring (bicyclic) bond motifs is 1. The van der Waals surface area contributed by atoms with Gasteiger partial charge in [0.1, 0.15) is 65.4 Å². The van der Waals surface area contributed by atoms with Gasteiger partial charge in [-0.25, -0.2) is 0 Å². The molecule has 0 spiro atoms. The minimum Gasteiger partial charge on any atom is -0.504 e. The van der Waals surface area contributed by atoms with Crippen molar-refractivity contribution in [1.82, 2.24) is 0 Å². The van der Waals surface area contributed by atoms with E-state index >= 15 is 0 Å². The Labute approximate surface area is 314 Å². The topological polar surface area (TPSA) is 347 Å². The molecule has 0 amide bonds. The van der Waals surface area contributed by atoms with Gasteiger partial charge in [-0.1, -0.05) is 0 Å². The fraction of sp³-hybridized carbons (Fsp3) is 0.559. The predicted octanol–water partition coefficient (Wildman–Crippen LogP) is -3.94. The summed E-state index contributed by atoms with van der Waals surface area (Å²) in [5.41, 5.74) is -3.73. The van der Waals surface area contributed by atoms with Crippen molar-refractivity contribution in [3.05, 3.63) is 34.5 Å². The molecule has 56 heavy (non-hydrogen) atoms. The summed E-state index contributed by atoms with van der Waals surface area (Å²) < 4.78 is 50.2. The second-order valence-corrected chi connectivity index (χ2v) is 13.3. The summed E-state index contributed by atoms with van der Waals surface area (Å²) in [6, 6.07) is 4.67. The molecule has 1 aromatic heterocycles. The summed E-state index contributed by atoms with van der Waals surface area (Å²) in [6.45, 7) is -3.17. The number of benzene rings is 2. The van der Waals surface area contributed by atoms with Crippen molar-refractivity contribution in [3.63, 3.8) is 0 Å². The Balaban J connectivity index is 1.43. The van der Waals surface area contributed by atoms with Gasteiger partial charge in [0.2, 0.25) is 23.2 Å². The van der Waals surface area contributed by atoms with Crippen molar-refractivity contribution in [2.75, 3.05) is 40.6 Å². The molecule has 0 radical (unpaired) electrons. The lowest BCUT2D eigenvalue weighted by Crippen LogP contribution is -2.63. The molecule has 22 heteroatoms. The SMILES string of the molecule is COc1cc(-c2oc3cc(O)c(OC)c(O)c3c(=O)c2OC2OC(COC3OC(CO)C(O)C(O)C3O)C(O)C(O)C2OC2OCC(O)(CO)C2O)ccc1O. The van der Waals surface area contributed by atoms with Crippen LogP contribution in [0, 0.1) is 0 Å². The number of phenols is 3. The fourth-order valence-electron chi connectivity index (χ4n) is 6.46. The Morgan fingerprint density at radius 2 is 1.50 bits per heavy atom. The van der Waals surface area contributed by atoms with E-state index in [2.05, 4.69) is 0 Å². The molecule has 13 atom stereocenters. The van der Waals surface area contributed by atoms with Crippen molar-refractivity contribution in [2.24, 2.45) is 0 Å². The number of hydrogen-bond donors (Lipinski definition) is 12. The first-order valence-corrected chi connectivity index (χ1v) is 16.9. The van der Waals surface area contributed by atoms with Gasteiger partial charge in [0.25, 0.3) is 0 Å². The van der Waals surface area contributed by atoms with Crippen LogP contribution in [0.15, 0.2) is 33.5 Å². The summed E-state index contributed by atoms with van der Waals surface area (Å²) in [5, 5.41) is 125. The largest absolute Gasteiger partial charge is 0.504 e. The van der Waals surface area contributed by atoms with Crippen molar-refractivity contribution in [3.8, 4) is 45.8 Å². The van der Waals surface area contributed by atoms with Gasteiger partial charge < -0.3 is 104 Å². The highest BCUT2D eigenvalue weighted by Gasteiger charge is 2.54. The van der Waals surface area contributed by atoms with E-state index in [1.807, 2.05) is 0 Å². The van der Waals surface area contributed by atoms with E-state index in [4.69, 9.17) is 42.3 Å². The zero-order valence-electron chi connectivity index (χ0n) is 29.5. The minimum absolute atomic E-state index is 0.00219. The summed E-state index contributed by atoms with van der Waals surface area (Å²) in [4.78, 5) is 14.3. The first-order chi connectivity index (χ1) is 26.6. The average molecular weight is 803 g/mol. The number of aliphatic hydroxyl groups is 9. The van der Waals surface area contributed by atoms with E-state index in [0.717, 1.165) is 13.2 Å². The van der Waals surface area contributed by atoms with Gasteiger partial charge >= 0.3 is 0 Å². The lowest BCUT2D eigenvalue weighted by Gasteiger charge is -2.44. The van der Waals surface area contributed by atoms with Gasteiger partial charge in [-0.15, -0.1) is 0 Å². The first kappa shape index (κ1) is 41.5. The van der Waals surface area contributed by atoms with E-state index in [-0.39, 0.29) is 22.6 Å². The molecule has 3 aliphatic heterocycles. The van der Waals surface area contributed by atoms with Crippen LogP contribution in [0.5, 0.6) is 34.5 Å². The van der Waals surface area contributed by atoms with Gasteiger partial charge in [0, 0.05) is 11.6 Å². The molecule has 310 valence electrons. The van der Waals surface area contributed by atoms with Gasteiger partial charge in [-0.05, 0) is 18.2 Å². The zero-order chi connectivity index (χ0) is 40.8. The molecule has 3 saturated heterocycles. The van der Waals surface area contributed by atoms with Crippen LogP contribution in [0.2, 0.25) is 0 Å². The Morgan fingerprint density at radius 3 is 2.14 bits per heavy atom. The van der Waals surface area contributed by atoms with Crippen LogP contribution in [0.4, 0.5) is 0 Å². The van der Waals surface area contributed by atoms with Crippen LogP contribution in [-0.4, -0.2) is 181 Å². The fourth-order valence-corrected chi connectivity index (χ4v) is 6.46. The van der Waals surface area contributed by atoms with Crippen LogP contribution in [0.25, 0.3) is 22.3 Å². The molecular weight excluding hydrogens is 760 g/mol. The maximum Gasteiger partial charge on any atom is 0.239 e. The molecule has 4 heterocycles. The number of phenolic OH excluding ortho intramolecular Hbond substituents is 3. The maximum absolute atomic E-state index is 14.3. The highest BCUT2D eigenvalue weighted by molar-refractivity contribution is 5.91. The van der Waals surface area contributed by atoms with Crippen LogP contribution in [0.1, 0.15) is 0 Å². The molecule has 12 N–H and O–H groups in total. The maximum atomic E-state index is 14.3. The van der Waals surface area contributed by atoms with E-state index in [0.29, 0.717) is 0 Å². The van der Waals surface area contributed by atoms with Crippen LogP contribution >= 0.6 is 0 Å². The Kier molecular flexibility index (Phi) is 12.2. The third-order valence-electron chi connectivity index (χ3n) is 9.72. The summed E-state index contributed by atoms with van der Waals surface area (Å²) in [5.74, 6) is -3.64. The lowest BCUT2D eigenvalue weighted by atomic mass is 9.97. The highest BCUT2D eigenvalue weighted by Crippen LogP contribution is 2.45. The molecule has 0 bridgehead atoms. The van der Waals surface area contributed by atoms with E-state index in [9.17, 15) is 66.1 Å². The molecule has 13 unspecified atom stereocenters. The van der Waals surface area contributed by atoms with Crippen LogP contribution in [-0.2, 0) is 23.7 Å². The standard InChI is InChI=1S/C34H42O22/c1-48-14-5-11(3-4-12(14)37)26-28(22(42)18-15(52-26)6-13(38)27(49-2)21(18)41)55-32-29(56-33-30(46)34(47,9-36)10-51-33)24(44)20(40)17(54-32)8-50-31-25(45)23(43)19(39)16(7-35)53-31/h3-6,16-17,19-20,23-25,29-33,35-41,43-47H,7-10H2,1-2H3. The molecule has 2 aromatic carbocycles. The number of rotatable bonds is 12. The molecule has 3 aliphatic rings. The zero-order valence-corrected chi connectivity index (χ0v) is 29.5. The normalized spacial score (nSPS) is 34.8. The van der Waals surface area contributed by atoms with E-state index in [1.54, 1.807) is 0 Å². The Morgan fingerprint density at radius 1 is 0.804 bits per heavy atom. The van der Waals surface area contributed by atoms with Gasteiger partial charge in [0.15, 0.2) is 47.4 Å². The second-order valence-electron chi connectivity index (χ2n) is 13.3. The van der Waals surface area contributed by atoms with E-state index < -0.39 is 145 Å². The smallest absolute Gasteiger partial charge is 0.239 e. The van der Waals surface area contributed by atoms with Crippen molar-refractivity contribution in [1.29, 1.82) is 0 Å².